The van der Waals surface area contributed by atoms with Gasteiger partial charge in [0, 0.05) is 5.69 Å². The Morgan fingerprint density at radius 3 is 2.67 bits per heavy atom. The molecule has 0 atom stereocenters. The SMILES string of the molecule is O=C(CCOc1ccccc1)Nc1cccc(C2SCCCS2)c1. The lowest BCUT2D eigenvalue weighted by Gasteiger charge is -2.21. The zero-order chi connectivity index (χ0) is 16.6. The summed E-state index contributed by atoms with van der Waals surface area (Å²) in [5.74, 6) is 3.20. The molecule has 0 aliphatic carbocycles. The average Bonchev–Trinajstić information content (AvgIpc) is 2.63. The molecule has 3 nitrogen and oxygen atoms in total. The second-order valence-electron chi connectivity index (χ2n) is 5.51. The van der Waals surface area contributed by atoms with Crippen LogP contribution in [0.2, 0.25) is 0 Å². The van der Waals surface area contributed by atoms with Gasteiger partial charge in [-0.25, -0.2) is 0 Å². The second kappa shape index (κ2) is 9.04. The molecule has 0 aromatic heterocycles. The number of nitrogens with one attached hydrogen (secondary N) is 1. The van der Waals surface area contributed by atoms with Gasteiger partial charge in [0.15, 0.2) is 0 Å². The Labute approximate surface area is 151 Å². The highest BCUT2D eigenvalue weighted by Crippen LogP contribution is 2.44. The van der Waals surface area contributed by atoms with Crippen molar-refractivity contribution in [3.63, 3.8) is 0 Å². The van der Waals surface area contributed by atoms with Crippen LogP contribution in [-0.4, -0.2) is 24.0 Å². The molecule has 0 unspecified atom stereocenters. The van der Waals surface area contributed by atoms with Gasteiger partial charge < -0.3 is 10.1 Å². The van der Waals surface area contributed by atoms with Crippen LogP contribution < -0.4 is 10.1 Å². The third-order valence-electron chi connectivity index (χ3n) is 3.61. The van der Waals surface area contributed by atoms with Gasteiger partial charge >= 0.3 is 0 Å². The highest BCUT2D eigenvalue weighted by atomic mass is 32.2. The predicted molar refractivity (Wildman–Crippen MR) is 104 cm³/mol. The Bertz CT molecular complexity index is 657. The number of carbonyl (C=O) groups excluding carboxylic acids is 1. The molecule has 1 amide bonds. The first kappa shape index (κ1) is 17.2. The van der Waals surface area contributed by atoms with E-state index in [1.54, 1.807) is 0 Å². The summed E-state index contributed by atoms with van der Waals surface area (Å²) in [4.78, 5) is 12.1. The van der Waals surface area contributed by atoms with E-state index in [4.69, 9.17) is 4.74 Å². The first-order valence-electron chi connectivity index (χ1n) is 8.12. The van der Waals surface area contributed by atoms with E-state index in [1.807, 2.05) is 66.0 Å². The summed E-state index contributed by atoms with van der Waals surface area (Å²) in [5.41, 5.74) is 2.15. The number of para-hydroxylation sites is 1. The van der Waals surface area contributed by atoms with Gasteiger partial charge in [0.2, 0.25) is 5.91 Å². The molecule has 1 saturated heterocycles. The van der Waals surface area contributed by atoms with Crippen LogP contribution in [0.15, 0.2) is 54.6 Å². The van der Waals surface area contributed by atoms with Crippen molar-refractivity contribution in [2.24, 2.45) is 0 Å². The molecule has 2 aromatic rings. The molecule has 126 valence electrons. The third-order valence-corrected chi connectivity index (χ3v) is 6.63. The molecule has 2 aromatic carbocycles. The van der Waals surface area contributed by atoms with Crippen molar-refractivity contribution >= 4 is 35.1 Å². The Kier molecular flexibility index (Phi) is 6.49. The summed E-state index contributed by atoms with van der Waals surface area (Å²) in [6.45, 7) is 0.379. The maximum absolute atomic E-state index is 12.1. The normalized spacial score (nSPS) is 15.0. The van der Waals surface area contributed by atoms with Crippen LogP contribution in [0.25, 0.3) is 0 Å². The minimum atomic E-state index is -0.0213. The molecule has 1 aliphatic heterocycles. The monoisotopic (exact) mass is 359 g/mol. The molecule has 24 heavy (non-hydrogen) atoms. The van der Waals surface area contributed by atoms with E-state index >= 15 is 0 Å². The molecule has 0 radical (unpaired) electrons. The number of ether oxygens (including phenoxy) is 1. The predicted octanol–water partition coefficient (Wildman–Crippen LogP) is 4.96. The molecule has 1 aliphatic rings. The van der Waals surface area contributed by atoms with Crippen LogP contribution in [0.1, 0.15) is 23.0 Å². The van der Waals surface area contributed by atoms with Gasteiger partial charge in [0.05, 0.1) is 17.6 Å². The molecule has 0 saturated carbocycles. The smallest absolute Gasteiger partial charge is 0.227 e. The van der Waals surface area contributed by atoms with Crippen LogP contribution in [-0.2, 0) is 4.79 Å². The van der Waals surface area contributed by atoms with E-state index in [2.05, 4.69) is 17.4 Å². The lowest BCUT2D eigenvalue weighted by molar-refractivity contribution is -0.116. The number of hydrogen-bond donors (Lipinski definition) is 1. The van der Waals surface area contributed by atoms with E-state index in [-0.39, 0.29) is 5.91 Å². The van der Waals surface area contributed by atoms with Crippen molar-refractivity contribution < 1.29 is 9.53 Å². The van der Waals surface area contributed by atoms with Crippen molar-refractivity contribution in [1.82, 2.24) is 0 Å². The van der Waals surface area contributed by atoms with Gasteiger partial charge in [0.1, 0.15) is 5.75 Å². The molecule has 1 N–H and O–H groups in total. The standard InChI is InChI=1S/C19H21NO2S2/c21-18(10-11-22-17-8-2-1-3-9-17)20-16-7-4-6-15(14-16)19-23-12-5-13-24-19/h1-4,6-9,14,19H,5,10-13H2,(H,20,21). The van der Waals surface area contributed by atoms with Crippen LogP contribution >= 0.6 is 23.5 Å². The highest BCUT2D eigenvalue weighted by molar-refractivity contribution is 8.16. The number of rotatable bonds is 6. The molecular weight excluding hydrogens is 338 g/mol. The van der Waals surface area contributed by atoms with E-state index in [9.17, 15) is 4.79 Å². The van der Waals surface area contributed by atoms with Crippen molar-refractivity contribution in [1.29, 1.82) is 0 Å². The van der Waals surface area contributed by atoms with Crippen molar-refractivity contribution in [2.75, 3.05) is 23.4 Å². The van der Waals surface area contributed by atoms with E-state index < -0.39 is 0 Å². The number of carbonyl (C=O) groups is 1. The van der Waals surface area contributed by atoms with Gasteiger partial charge in [-0.15, -0.1) is 23.5 Å². The van der Waals surface area contributed by atoms with E-state index in [0.717, 1.165) is 11.4 Å². The quantitative estimate of drug-likeness (QED) is 0.791. The van der Waals surface area contributed by atoms with E-state index in [1.165, 1.54) is 23.5 Å². The summed E-state index contributed by atoms with van der Waals surface area (Å²) < 4.78 is 6.05. The maximum Gasteiger partial charge on any atom is 0.227 e. The zero-order valence-electron chi connectivity index (χ0n) is 13.4. The van der Waals surface area contributed by atoms with Crippen molar-refractivity contribution in [2.45, 2.75) is 17.4 Å². The van der Waals surface area contributed by atoms with Crippen LogP contribution in [0, 0.1) is 0 Å². The molecular formula is C19H21NO2S2. The van der Waals surface area contributed by atoms with Gasteiger partial charge in [-0.05, 0) is 47.8 Å². The summed E-state index contributed by atoms with van der Waals surface area (Å²) in [5, 5.41) is 2.97. The molecule has 5 heteroatoms. The minimum absolute atomic E-state index is 0.0213. The number of thioether (sulfide) groups is 2. The summed E-state index contributed by atoms with van der Waals surface area (Å²) in [6, 6.07) is 17.7. The number of hydrogen-bond acceptors (Lipinski definition) is 4. The molecule has 0 bridgehead atoms. The maximum atomic E-state index is 12.1. The minimum Gasteiger partial charge on any atom is -0.493 e. The number of benzene rings is 2. The third kappa shape index (κ3) is 5.21. The van der Waals surface area contributed by atoms with Crippen LogP contribution in [0.5, 0.6) is 5.75 Å². The van der Waals surface area contributed by atoms with Crippen LogP contribution in [0.4, 0.5) is 5.69 Å². The first-order valence-corrected chi connectivity index (χ1v) is 10.2. The Hall–Kier alpha value is -1.59. The van der Waals surface area contributed by atoms with E-state index in [0.29, 0.717) is 17.6 Å². The van der Waals surface area contributed by atoms with Crippen molar-refractivity contribution in [3.8, 4) is 5.75 Å². The number of anilines is 1. The molecule has 0 spiro atoms. The largest absolute Gasteiger partial charge is 0.493 e. The Balaban J connectivity index is 1.49. The van der Waals surface area contributed by atoms with Crippen LogP contribution in [0.3, 0.4) is 0 Å². The zero-order valence-corrected chi connectivity index (χ0v) is 15.1. The van der Waals surface area contributed by atoms with Gasteiger partial charge in [-0.3, -0.25) is 4.79 Å². The fourth-order valence-corrected chi connectivity index (χ4v) is 5.32. The average molecular weight is 360 g/mol. The first-order chi connectivity index (χ1) is 11.8. The Morgan fingerprint density at radius 1 is 1.08 bits per heavy atom. The lowest BCUT2D eigenvalue weighted by Crippen LogP contribution is -2.15. The van der Waals surface area contributed by atoms with Gasteiger partial charge in [-0.2, -0.15) is 0 Å². The van der Waals surface area contributed by atoms with Gasteiger partial charge in [-0.1, -0.05) is 30.3 Å². The van der Waals surface area contributed by atoms with Crippen molar-refractivity contribution in [3.05, 3.63) is 60.2 Å². The lowest BCUT2D eigenvalue weighted by atomic mass is 10.2. The Morgan fingerprint density at radius 2 is 1.88 bits per heavy atom. The van der Waals surface area contributed by atoms with Gasteiger partial charge in [0.25, 0.3) is 0 Å². The highest BCUT2D eigenvalue weighted by Gasteiger charge is 2.16. The summed E-state index contributed by atoms with van der Waals surface area (Å²) >= 11 is 3.97. The molecule has 1 heterocycles. The fraction of sp³-hybridized carbons (Fsp3) is 0.316. The topological polar surface area (TPSA) is 38.3 Å². The molecule has 1 fully saturated rings. The number of amides is 1. The summed E-state index contributed by atoms with van der Waals surface area (Å²) in [6.07, 6.45) is 1.62. The second-order valence-corrected chi connectivity index (χ2v) is 8.24. The summed E-state index contributed by atoms with van der Waals surface area (Å²) in [7, 11) is 0. The molecule has 3 rings (SSSR count). The fourth-order valence-electron chi connectivity index (χ4n) is 2.45.